The normalized spacial score (nSPS) is 10.8. The zero-order valence-electron chi connectivity index (χ0n) is 6.83. The molecular weight excluding hydrogens is 156 g/mol. The van der Waals surface area contributed by atoms with Gasteiger partial charge in [-0.15, -0.1) is 0 Å². The van der Waals surface area contributed by atoms with E-state index in [2.05, 4.69) is 9.97 Å². The van der Waals surface area contributed by atoms with Crippen molar-refractivity contribution < 1.29 is 9.52 Å². The van der Waals surface area contributed by atoms with Crippen LogP contribution in [0.5, 0.6) is 5.75 Å². The van der Waals surface area contributed by atoms with Gasteiger partial charge in [-0.25, -0.2) is 9.97 Å². The molecule has 0 bridgehead atoms. The lowest BCUT2D eigenvalue weighted by Gasteiger charge is -1.93. The first kappa shape index (κ1) is 7.09. The van der Waals surface area contributed by atoms with E-state index in [1.165, 1.54) is 0 Å². The van der Waals surface area contributed by atoms with Gasteiger partial charge < -0.3 is 9.52 Å². The summed E-state index contributed by atoms with van der Waals surface area (Å²) >= 11 is 0. The highest BCUT2D eigenvalue weighted by molar-refractivity contribution is 5.70. The van der Waals surface area contributed by atoms with E-state index in [1.54, 1.807) is 19.9 Å². The average molecular weight is 164 g/mol. The minimum Gasteiger partial charge on any atom is -0.506 e. The molecular formula is C8H8N2O2. The number of pyridine rings is 1. The van der Waals surface area contributed by atoms with Crippen LogP contribution in [0, 0.1) is 13.8 Å². The lowest BCUT2D eigenvalue weighted by molar-refractivity contribution is 0.467. The third-order valence-corrected chi connectivity index (χ3v) is 1.65. The molecule has 0 aromatic carbocycles. The van der Waals surface area contributed by atoms with E-state index in [-0.39, 0.29) is 5.75 Å². The molecule has 0 atom stereocenters. The molecule has 0 aliphatic heterocycles. The maximum absolute atomic E-state index is 9.28. The van der Waals surface area contributed by atoms with Gasteiger partial charge in [-0.2, -0.15) is 0 Å². The summed E-state index contributed by atoms with van der Waals surface area (Å²) in [7, 11) is 0. The molecule has 0 saturated heterocycles. The second-order valence-corrected chi connectivity index (χ2v) is 2.65. The Labute approximate surface area is 68.9 Å². The second kappa shape index (κ2) is 2.20. The molecule has 0 saturated carbocycles. The summed E-state index contributed by atoms with van der Waals surface area (Å²) in [6.45, 7) is 3.46. The molecule has 0 aliphatic carbocycles. The van der Waals surface area contributed by atoms with Gasteiger partial charge in [0.15, 0.2) is 5.89 Å². The molecule has 0 aliphatic rings. The first-order valence-electron chi connectivity index (χ1n) is 3.60. The van der Waals surface area contributed by atoms with Crippen LogP contribution < -0.4 is 0 Å². The van der Waals surface area contributed by atoms with E-state index in [0.29, 0.717) is 22.8 Å². The maximum Gasteiger partial charge on any atom is 0.247 e. The van der Waals surface area contributed by atoms with Crippen LogP contribution in [-0.4, -0.2) is 15.1 Å². The van der Waals surface area contributed by atoms with Crippen LogP contribution in [-0.2, 0) is 0 Å². The van der Waals surface area contributed by atoms with Crippen molar-refractivity contribution >= 4 is 11.2 Å². The highest BCUT2D eigenvalue weighted by Gasteiger charge is 2.06. The third-order valence-electron chi connectivity index (χ3n) is 1.65. The predicted molar refractivity (Wildman–Crippen MR) is 42.9 cm³/mol. The molecule has 62 valence electrons. The van der Waals surface area contributed by atoms with Gasteiger partial charge in [0.1, 0.15) is 11.3 Å². The molecule has 2 aromatic heterocycles. The van der Waals surface area contributed by atoms with Crippen molar-refractivity contribution in [3.05, 3.63) is 17.7 Å². The summed E-state index contributed by atoms with van der Waals surface area (Å²) in [5, 5.41) is 9.28. The largest absolute Gasteiger partial charge is 0.506 e. The van der Waals surface area contributed by atoms with Crippen LogP contribution in [0.15, 0.2) is 10.5 Å². The van der Waals surface area contributed by atoms with Gasteiger partial charge in [-0.3, -0.25) is 0 Å². The Bertz CT molecular complexity index is 395. The monoisotopic (exact) mass is 164 g/mol. The Morgan fingerprint density at radius 2 is 2.08 bits per heavy atom. The maximum atomic E-state index is 9.28. The molecule has 1 N–H and O–H groups in total. The minimum atomic E-state index is 0.149. The Morgan fingerprint density at radius 1 is 1.33 bits per heavy atom. The van der Waals surface area contributed by atoms with Crippen molar-refractivity contribution in [3.63, 3.8) is 0 Å². The summed E-state index contributed by atoms with van der Waals surface area (Å²) in [5.74, 6) is 0.707. The van der Waals surface area contributed by atoms with E-state index in [9.17, 15) is 5.11 Å². The third kappa shape index (κ3) is 0.922. The molecule has 4 nitrogen and oxygen atoms in total. The Hall–Kier alpha value is -1.58. The van der Waals surface area contributed by atoms with E-state index >= 15 is 0 Å². The zero-order chi connectivity index (χ0) is 8.72. The molecule has 2 aromatic rings. The molecule has 2 heterocycles. The summed E-state index contributed by atoms with van der Waals surface area (Å²) in [6.07, 6.45) is 0. The lowest BCUT2D eigenvalue weighted by atomic mass is 10.3. The summed E-state index contributed by atoms with van der Waals surface area (Å²) in [6, 6.07) is 1.55. The molecule has 0 unspecified atom stereocenters. The van der Waals surface area contributed by atoms with Crippen molar-refractivity contribution in [3.8, 4) is 5.75 Å². The number of hydrogen-bond acceptors (Lipinski definition) is 4. The molecule has 4 heteroatoms. The number of aromatic nitrogens is 2. The highest BCUT2D eigenvalue weighted by atomic mass is 16.4. The van der Waals surface area contributed by atoms with Crippen LogP contribution in [0.3, 0.4) is 0 Å². The summed E-state index contributed by atoms with van der Waals surface area (Å²) in [5.41, 5.74) is 1.62. The van der Waals surface area contributed by atoms with Crippen LogP contribution in [0.1, 0.15) is 11.6 Å². The minimum absolute atomic E-state index is 0.149. The van der Waals surface area contributed by atoms with Gasteiger partial charge in [0.25, 0.3) is 0 Å². The number of rotatable bonds is 0. The van der Waals surface area contributed by atoms with Gasteiger partial charge >= 0.3 is 0 Å². The summed E-state index contributed by atoms with van der Waals surface area (Å²) in [4.78, 5) is 8.04. The van der Waals surface area contributed by atoms with Crippen LogP contribution in [0.4, 0.5) is 0 Å². The fraction of sp³-hybridized carbons (Fsp3) is 0.250. The van der Waals surface area contributed by atoms with Crippen molar-refractivity contribution in [2.75, 3.05) is 0 Å². The first-order chi connectivity index (χ1) is 5.66. The highest BCUT2D eigenvalue weighted by Crippen LogP contribution is 2.20. The number of hydrogen-bond donors (Lipinski definition) is 1. The molecule has 0 amide bonds. The fourth-order valence-corrected chi connectivity index (χ4v) is 1.05. The Balaban J connectivity index is 2.83. The van der Waals surface area contributed by atoms with Crippen molar-refractivity contribution in [1.82, 2.24) is 9.97 Å². The van der Waals surface area contributed by atoms with Crippen LogP contribution in [0.25, 0.3) is 11.2 Å². The smallest absolute Gasteiger partial charge is 0.247 e. The van der Waals surface area contributed by atoms with Crippen molar-refractivity contribution in [2.24, 2.45) is 0 Å². The average Bonchev–Trinajstić information content (AvgIpc) is 2.30. The molecule has 0 radical (unpaired) electrons. The van der Waals surface area contributed by atoms with E-state index in [1.807, 2.05) is 0 Å². The molecule has 12 heavy (non-hydrogen) atoms. The number of aryl methyl sites for hydroxylation is 2. The SMILES string of the molecule is Cc1nc2cc(O)c(C)nc2o1. The zero-order valence-corrected chi connectivity index (χ0v) is 6.83. The van der Waals surface area contributed by atoms with E-state index in [0.717, 1.165) is 0 Å². The van der Waals surface area contributed by atoms with Gasteiger partial charge in [0.2, 0.25) is 5.71 Å². The number of fused-ring (bicyclic) bond motifs is 1. The Morgan fingerprint density at radius 3 is 2.83 bits per heavy atom. The standard InChI is InChI=1S/C8H8N2O2/c1-4-7(11)3-6-8(9-4)12-5(2)10-6/h3,11H,1-2H3. The van der Waals surface area contributed by atoms with Crippen LogP contribution in [0.2, 0.25) is 0 Å². The lowest BCUT2D eigenvalue weighted by Crippen LogP contribution is -1.81. The van der Waals surface area contributed by atoms with Crippen LogP contribution >= 0.6 is 0 Å². The van der Waals surface area contributed by atoms with E-state index < -0.39 is 0 Å². The van der Waals surface area contributed by atoms with Gasteiger partial charge in [-0.1, -0.05) is 0 Å². The Kier molecular flexibility index (Phi) is 1.30. The second-order valence-electron chi connectivity index (χ2n) is 2.65. The number of aromatic hydroxyl groups is 1. The molecule has 0 spiro atoms. The van der Waals surface area contributed by atoms with Gasteiger partial charge in [0.05, 0.1) is 5.69 Å². The van der Waals surface area contributed by atoms with Gasteiger partial charge in [0, 0.05) is 13.0 Å². The van der Waals surface area contributed by atoms with Crippen molar-refractivity contribution in [1.29, 1.82) is 0 Å². The first-order valence-corrected chi connectivity index (χ1v) is 3.60. The van der Waals surface area contributed by atoms with Gasteiger partial charge in [-0.05, 0) is 6.92 Å². The van der Waals surface area contributed by atoms with Crippen molar-refractivity contribution in [2.45, 2.75) is 13.8 Å². The number of nitrogens with zero attached hydrogens (tertiary/aromatic N) is 2. The topological polar surface area (TPSA) is 59.2 Å². The fourth-order valence-electron chi connectivity index (χ4n) is 1.05. The molecule has 0 fully saturated rings. The van der Waals surface area contributed by atoms with E-state index in [4.69, 9.17) is 4.42 Å². The summed E-state index contributed by atoms with van der Waals surface area (Å²) < 4.78 is 5.17. The number of oxazole rings is 1. The quantitative estimate of drug-likeness (QED) is 0.641. The predicted octanol–water partition coefficient (Wildman–Crippen LogP) is 1.55. The molecule has 2 rings (SSSR count).